The third-order valence-electron chi connectivity index (χ3n) is 1.67. The van der Waals surface area contributed by atoms with Crippen LogP contribution in [0.3, 0.4) is 0 Å². The van der Waals surface area contributed by atoms with Gasteiger partial charge in [0.15, 0.2) is 0 Å². The number of hydrogen-bond donors (Lipinski definition) is 0. The second-order valence-electron chi connectivity index (χ2n) is 4.74. The van der Waals surface area contributed by atoms with E-state index in [1.807, 2.05) is 12.4 Å². The highest BCUT2D eigenvalue weighted by Gasteiger charge is 2.07. The molecule has 0 aliphatic heterocycles. The molecule has 82 valence electrons. The van der Waals surface area contributed by atoms with Crippen LogP contribution in [0.2, 0.25) is 0 Å². The van der Waals surface area contributed by atoms with Gasteiger partial charge in [-0.15, -0.1) is 0 Å². The number of hydrogen-bond acceptors (Lipinski definition) is 2. The summed E-state index contributed by atoms with van der Waals surface area (Å²) in [4.78, 5) is 8.94. The molecule has 0 radical (unpaired) electrons. The molecule has 0 amide bonds. The van der Waals surface area contributed by atoms with Crippen molar-refractivity contribution in [3.63, 3.8) is 0 Å². The van der Waals surface area contributed by atoms with E-state index in [2.05, 4.69) is 51.5 Å². The Hall–Kier alpha value is -0.660. The summed E-state index contributed by atoms with van der Waals surface area (Å²) in [5, 5.41) is 0. The number of aliphatic imine (C=N–C) groups is 2. The minimum absolute atomic E-state index is 0.0970. The van der Waals surface area contributed by atoms with Crippen molar-refractivity contribution in [2.75, 3.05) is 0 Å². The van der Waals surface area contributed by atoms with Crippen molar-refractivity contribution in [1.29, 1.82) is 0 Å². The van der Waals surface area contributed by atoms with Gasteiger partial charge in [0, 0.05) is 12.4 Å². The summed E-state index contributed by atoms with van der Waals surface area (Å²) in [7, 11) is 0. The number of rotatable bonds is 5. The van der Waals surface area contributed by atoms with Crippen LogP contribution in [-0.2, 0) is 0 Å². The summed E-state index contributed by atoms with van der Waals surface area (Å²) in [6, 6.07) is 0. The van der Waals surface area contributed by atoms with Crippen LogP contribution in [0.4, 0.5) is 0 Å². The first-order valence-electron chi connectivity index (χ1n) is 5.50. The Balaban J connectivity index is 4.30. The van der Waals surface area contributed by atoms with Crippen LogP contribution >= 0.6 is 0 Å². The summed E-state index contributed by atoms with van der Waals surface area (Å²) < 4.78 is 0. The quantitative estimate of drug-likeness (QED) is 0.602. The van der Waals surface area contributed by atoms with E-state index in [4.69, 9.17) is 0 Å². The number of nitrogens with zero attached hydrogens (tertiary/aromatic N) is 2. The van der Waals surface area contributed by atoms with Crippen LogP contribution in [0.25, 0.3) is 0 Å². The van der Waals surface area contributed by atoms with Gasteiger partial charge in [-0.2, -0.15) is 0 Å². The fraction of sp³-hybridized carbons (Fsp3) is 0.833. The van der Waals surface area contributed by atoms with Crippen molar-refractivity contribution in [1.82, 2.24) is 0 Å². The molecule has 14 heavy (non-hydrogen) atoms. The first kappa shape index (κ1) is 13.3. The van der Waals surface area contributed by atoms with E-state index < -0.39 is 0 Å². The molecule has 0 aromatic carbocycles. The standard InChI is InChI=1S/C12H24N2/c1-9(2)7-13-12(11(5)6)14-8-10(3)4/h7-12H,1-6H3/b13-7+,14-8+. The van der Waals surface area contributed by atoms with Gasteiger partial charge in [-0.25, -0.2) is 0 Å². The molecule has 2 nitrogen and oxygen atoms in total. The maximum Gasteiger partial charge on any atom is 0.141 e. The molecule has 0 spiro atoms. The molecule has 0 saturated heterocycles. The van der Waals surface area contributed by atoms with E-state index in [9.17, 15) is 0 Å². The van der Waals surface area contributed by atoms with Crippen LogP contribution < -0.4 is 0 Å². The molecular weight excluding hydrogens is 172 g/mol. The Labute approximate surface area is 88.5 Å². The second-order valence-corrected chi connectivity index (χ2v) is 4.74. The summed E-state index contributed by atoms with van der Waals surface area (Å²) in [6.07, 6.45) is 4.07. The van der Waals surface area contributed by atoms with Gasteiger partial charge in [-0.1, -0.05) is 41.5 Å². The van der Waals surface area contributed by atoms with Crippen LogP contribution in [-0.4, -0.2) is 18.6 Å². The lowest BCUT2D eigenvalue weighted by Gasteiger charge is -2.12. The maximum absolute atomic E-state index is 4.47. The highest BCUT2D eigenvalue weighted by Crippen LogP contribution is 2.08. The van der Waals surface area contributed by atoms with E-state index in [-0.39, 0.29) is 6.17 Å². The Morgan fingerprint density at radius 2 is 1.07 bits per heavy atom. The van der Waals surface area contributed by atoms with Crippen molar-refractivity contribution < 1.29 is 0 Å². The molecule has 0 bridgehead atoms. The minimum Gasteiger partial charge on any atom is -0.270 e. The molecule has 0 heterocycles. The zero-order valence-electron chi connectivity index (χ0n) is 10.4. The molecule has 0 aliphatic carbocycles. The molecule has 0 aromatic heterocycles. The normalized spacial score (nSPS) is 13.6. The third kappa shape index (κ3) is 6.81. The molecule has 0 atom stereocenters. The first-order valence-corrected chi connectivity index (χ1v) is 5.50. The van der Waals surface area contributed by atoms with Crippen LogP contribution in [0.1, 0.15) is 41.5 Å². The van der Waals surface area contributed by atoms with Crippen molar-refractivity contribution >= 4 is 12.4 Å². The fourth-order valence-corrected chi connectivity index (χ4v) is 0.903. The van der Waals surface area contributed by atoms with Gasteiger partial charge < -0.3 is 0 Å². The largest absolute Gasteiger partial charge is 0.270 e. The zero-order valence-corrected chi connectivity index (χ0v) is 10.4. The first-order chi connectivity index (χ1) is 6.43. The van der Waals surface area contributed by atoms with E-state index in [0.717, 1.165) is 0 Å². The highest BCUT2D eigenvalue weighted by molar-refractivity contribution is 5.62. The molecular formula is C12H24N2. The zero-order chi connectivity index (χ0) is 11.1. The van der Waals surface area contributed by atoms with Crippen molar-refractivity contribution in [2.24, 2.45) is 27.7 Å². The van der Waals surface area contributed by atoms with E-state index in [0.29, 0.717) is 17.8 Å². The third-order valence-corrected chi connectivity index (χ3v) is 1.67. The molecule has 0 aromatic rings. The Kier molecular flexibility index (Phi) is 6.43. The monoisotopic (exact) mass is 196 g/mol. The van der Waals surface area contributed by atoms with Gasteiger partial charge in [0.05, 0.1) is 0 Å². The van der Waals surface area contributed by atoms with Crippen LogP contribution in [0.5, 0.6) is 0 Å². The second kappa shape index (κ2) is 6.74. The Morgan fingerprint density at radius 3 is 1.29 bits per heavy atom. The van der Waals surface area contributed by atoms with E-state index in [1.165, 1.54) is 0 Å². The van der Waals surface area contributed by atoms with Gasteiger partial charge in [0.1, 0.15) is 6.17 Å². The van der Waals surface area contributed by atoms with Crippen molar-refractivity contribution in [3.8, 4) is 0 Å². The van der Waals surface area contributed by atoms with Gasteiger partial charge in [-0.05, 0) is 17.8 Å². The fourth-order valence-electron chi connectivity index (χ4n) is 0.903. The summed E-state index contributed by atoms with van der Waals surface area (Å²) in [5.74, 6) is 1.48. The predicted octanol–water partition coefficient (Wildman–Crippen LogP) is 3.42. The lowest BCUT2D eigenvalue weighted by Crippen LogP contribution is -2.12. The molecule has 0 unspecified atom stereocenters. The van der Waals surface area contributed by atoms with Crippen molar-refractivity contribution in [3.05, 3.63) is 0 Å². The molecule has 0 saturated carbocycles. The van der Waals surface area contributed by atoms with Gasteiger partial charge in [-0.3, -0.25) is 9.98 Å². The van der Waals surface area contributed by atoms with Gasteiger partial charge >= 0.3 is 0 Å². The molecule has 2 heteroatoms. The van der Waals surface area contributed by atoms with E-state index >= 15 is 0 Å². The average Bonchev–Trinajstić information content (AvgIpc) is 2.02. The predicted molar refractivity (Wildman–Crippen MR) is 65.3 cm³/mol. The van der Waals surface area contributed by atoms with Crippen LogP contribution in [0.15, 0.2) is 9.98 Å². The Bertz CT molecular complexity index is 172. The van der Waals surface area contributed by atoms with Gasteiger partial charge in [0.25, 0.3) is 0 Å². The molecule has 0 aliphatic rings. The highest BCUT2D eigenvalue weighted by atomic mass is 15.0. The molecule has 0 N–H and O–H groups in total. The smallest absolute Gasteiger partial charge is 0.141 e. The average molecular weight is 196 g/mol. The topological polar surface area (TPSA) is 24.7 Å². The molecule has 0 rings (SSSR count). The maximum atomic E-state index is 4.47. The van der Waals surface area contributed by atoms with Gasteiger partial charge in [0.2, 0.25) is 0 Å². The summed E-state index contributed by atoms with van der Waals surface area (Å²) >= 11 is 0. The lowest BCUT2D eigenvalue weighted by atomic mass is 10.1. The lowest BCUT2D eigenvalue weighted by molar-refractivity contribution is 0.512. The van der Waals surface area contributed by atoms with E-state index in [1.54, 1.807) is 0 Å². The van der Waals surface area contributed by atoms with Crippen LogP contribution in [0, 0.1) is 17.8 Å². The summed E-state index contributed by atoms with van der Waals surface area (Å²) in [5.41, 5.74) is 0. The minimum atomic E-state index is 0.0970. The van der Waals surface area contributed by atoms with Crippen molar-refractivity contribution in [2.45, 2.75) is 47.7 Å². The summed E-state index contributed by atoms with van der Waals surface area (Å²) in [6.45, 7) is 12.8. The SMILES string of the molecule is CC(C)/C=N/C(/N=C/C(C)C)C(C)C. The Morgan fingerprint density at radius 1 is 0.714 bits per heavy atom. The molecule has 0 fully saturated rings.